The summed E-state index contributed by atoms with van der Waals surface area (Å²) in [5.41, 5.74) is 1.28. The highest BCUT2D eigenvalue weighted by molar-refractivity contribution is 7.17. The number of fused-ring (bicyclic) bond motifs is 1. The van der Waals surface area contributed by atoms with Gasteiger partial charge in [0, 0.05) is 18.5 Å². The molecule has 1 unspecified atom stereocenters. The number of allylic oxidation sites excluding steroid dienone is 2. The second-order valence-corrected chi connectivity index (χ2v) is 9.72. The zero-order valence-electron chi connectivity index (χ0n) is 19.7. The van der Waals surface area contributed by atoms with Gasteiger partial charge in [-0.25, -0.2) is 9.59 Å². The molecule has 0 spiro atoms. The van der Waals surface area contributed by atoms with Crippen LogP contribution in [-0.2, 0) is 25.4 Å². The normalized spacial score (nSPS) is 18.3. The number of esters is 1. The third-order valence-corrected chi connectivity index (χ3v) is 5.38. The van der Waals surface area contributed by atoms with E-state index >= 15 is 0 Å². The van der Waals surface area contributed by atoms with Gasteiger partial charge < -0.3 is 18.9 Å². The highest BCUT2D eigenvalue weighted by Crippen LogP contribution is 2.35. The number of nitrogens with zero attached hydrogens (tertiary/aromatic N) is 1. The molecule has 0 N–H and O–H groups in total. The van der Waals surface area contributed by atoms with Crippen molar-refractivity contribution in [3.8, 4) is 5.75 Å². The molecule has 0 saturated carbocycles. The van der Waals surface area contributed by atoms with Crippen molar-refractivity contribution in [2.45, 2.75) is 57.5 Å². The van der Waals surface area contributed by atoms with Crippen LogP contribution in [0.3, 0.4) is 0 Å². The summed E-state index contributed by atoms with van der Waals surface area (Å²) in [6.07, 6.45) is 4.47. The smallest absolute Gasteiger partial charge is 0.411 e. The highest BCUT2D eigenvalue weighted by Gasteiger charge is 2.39. The van der Waals surface area contributed by atoms with Crippen molar-refractivity contribution < 1.29 is 37.3 Å². The van der Waals surface area contributed by atoms with E-state index in [4.69, 9.17) is 18.9 Å². The number of alkyl halides is 2. The Balaban J connectivity index is 1.80. The summed E-state index contributed by atoms with van der Waals surface area (Å²) < 4.78 is 47.7. The minimum atomic E-state index is -3.35. The molecule has 0 aromatic heterocycles. The summed E-state index contributed by atoms with van der Waals surface area (Å²) in [7, 11) is 2.64. The Kier molecular flexibility index (Phi) is 7.86. The molecular formula is C24H30F2NO6P. The predicted molar refractivity (Wildman–Crippen MR) is 124 cm³/mol. The summed E-state index contributed by atoms with van der Waals surface area (Å²) in [5, 5.41) is 0. The van der Waals surface area contributed by atoms with Crippen LogP contribution in [-0.4, -0.2) is 48.7 Å². The van der Waals surface area contributed by atoms with Gasteiger partial charge in [-0.2, -0.15) is 8.78 Å². The van der Waals surface area contributed by atoms with Crippen LogP contribution in [0.2, 0.25) is 0 Å². The van der Waals surface area contributed by atoms with Crippen molar-refractivity contribution in [3.05, 3.63) is 52.8 Å². The van der Waals surface area contributed by atoms with Crippen LogP contribution in [0.25, 0.3) is 0 Å². The fraction of sp³-hybridized carbons (Fsp3) is 0.500. The zero-order chi connectivity index (χ0) is 25.1. The van der Waals surface area contributed by atoms with E-state index in [-0.39, 0.29) is 18.9 Å². The average Bonchev–Trinajstić information content (AvgIpc) is 2.74. The van der Waals surface area contributed by atoms with Gasteiger partial charge in [-0.05, 0) is 66.1 Å². The van der Waals surface area contributed by atoms with Gasteiger partial charge in [0.05, 0.1) is 7.11 Å². The fourth-order valence-electron chi connectivity index (χ4n) is 3.84. The lowest BCUT2D eigenvalue weighted by atomic mass is 9.92. The molecule has 2 atom stereocenters. The summed E-state index contributed by atoms with van der Waals surface area (Å²) in [4.78, 5) is 26.7. The van der Waals surface area contributed by atoms with Crippen LogP contribution in [0, 0.1) is 0 Å². The largest absolute Gasteiger partial charge is 0.489 e. The number of carbonyl (C=O) groups excluding carboxylic acids is 2. The molecular weight excluding hydrogens is 467 g/mol. The monoisotopic (exact) mass is 497 g/mol. The van der Waals surface area contributed by atoms with Crippen molar-refractivity contribution in [1.82, 2.24) is 4.90 Å². The van der Waals surface area contributed by atoms with E-state index in [1.54, 1.807) is 45.0 Å². The van der Waals surface area contributed by atoms with Crippen molar-refractivity contribution in [3.63, 3.8) is 0 Å². The molecule has 2 aliphatic rings. The highest BCUT2D eigenvalue weighted by atomic mass is 31.0. The topological polar surface area (TPSA) is 74.3 Å². The minimum absolute atomic E-state index is 0.0514. The molecule has 7 nitrogen and oxygen atoms in total. The van der Waals surface area contributed by atoms with E-state index in [0.717, 1.165) is 5.56 Å². The fourth-order valence-corrected chi connectivity index (χ4v) is 3.98. The SMILES string of the molecule is COC(=O)[C@H]1c2ccc(OCC3=C(OC(F)(F)P)CCC=C3)cc2CCN1C(=O)OC(C)(C)C. The number of rotatable bonds is 6. The first-order chi connectivity index (χ1) is 15.9. The van der Waals surface area contributed by atoms with Crippen LogP contribution in [0.4, 0.5) is 13.6 Å². The Hall–Kier alpha value is -2.67. The average molecular weight is 497 g/mol. The van der Waals surface area contributed by atoms with Gasteiger partial charge in [-0.3, -0.25) is 4.90 Å². The van der Waals surface area contributed by atoms with Gasteiger partial charge >= 0.3 is 17.9 Å². The van der Waals surface area contributed by atoms with Gasteiger partial charge in [0.2, 0.25) is 0 Å². The number of hydrogen-bond acceptors (Lipinski definition) is 6. The molecule has 0 fully saturated rings. The summed E-state index contributed by atoms with van der Waals surface area (Å²) in [6, 6.07) is 4.23. The summed E-state index contributed by atoms with van der Waals surface area (Å²) >= 11 is 0. The van der Waals surface area contributed by atoms with E-state index in [1.165, 1.54) is 21.2 Å². The van der Waals surface area contributed by atoms with E-state index in [1.807, 2.05) is 6.08 Å². The van der Waals surface area contributed by atoms with E-state index in [2.05, 4.69) is 0 Å². The van der Waals surface area contributed by atoms with Crippen molar-refractivity contribution >= 4 is 21.3 Å². The van der Waals surface area contributed by atoms with Gasteiger partial charge in [0.25, 0.3) is 0 Å². The molecule has 3 rings (SSSR count). The molecule has 0 bridgehead atoms. The summed E-state index contributed by atoms with van der Waals surface area (Å²) in [5.74, 6) is -3.21. The maximum absolute atomic E-state index is 13.3. The van der Waals surface area contributed by atoms with Crippen molar-refractivity contribution in [2.24, 2.45) is 0 Å². The number of benzene rings is 1. The number of hydrogen-bond donors (Lipinski definition) is 0. The first kappa shape index (κ1) is 25.9. The van der Waals surface area contributed by atoms with Crippen LogP contribution >= 0.6 is 9.24 Å². The molecule has 1 aliphatic carbocycles. The molecule has 1 amide bonds. The lowest BCUT2D eigenvalue weighted by Gasteiger charge is -2.36. The molecule has 34 heavy (non-hydrogen) atoms. The second-order valence-electron chi connectivity index (χ2n) is 9.05. The lowest BCUT2D eigenvalue weighted by Crippen LogP contribution is -2.46. The first-order valence-electron chi connectivity index (χ1n) is 11.0. The Morgan fingerprint density at radius 3 is 2.59 bits per heavy atom. The quantitative estimate of drug-likeness (QED) is 0.401. The van der Waals surface area contributed by atoms with Gasteiger partial charge in [-0.1, -0.05) is 18.2 Å². The Labute approximate surface area is 200 Å². The van der Waals surface area contributed by atoms with Crippen molar-refractivity contribution in [1.29, 1.82) is 0 Å². The Bertz CT molecular complexity index is 996. The maximum Gasteiger partial charge on any atom is 0.411 e. The molecule has 1 aromatic carbocycles. The number of halogens is 2. The molecule has 1 heterocycles. The van der Waals surface area contributed by atoms with Crippen LogP contribution < -0.4 is 4.74 Å². The van der Waals surface area contributed by atoms with E-state index < -0.39 is 29.6 Å². The number of ether oxygens (including phenoxy) is 4. The number of carbonyl (C=O) groups is 2. The minimum Gasteiger partial charge on any atom is -0.489 e. The standard InChI is InChI=1S/C24H30F2NO6P/c1-23(2,3)33-22(29)27-12-11-15-13-17(9-10-18(15)20(27)21(28)30-4)31-14-16-7-5-6-8-19(16)32-24(25,26)34/h5,7,9-10,13,20H,6,8,11-12,14,34H2,1-4H3/t20-/m1/s1. The van der Waals surface area contributed by atoms with Crippen LogP contribution in [0.5, 0.6) is 5.75 Å². The van der Waals surface area contributed by atoms with E-state index in [9.17, 15) is 18.4 Å². The summed E-state index contributed by atoms with van der Waals surface area (Å²) in [6.45, 7) is 5.59. The van der Waals surface area contributed by atoms with Gasteiger partial charge in [-0.15, -0.1) is 0 Å². The zero-order valence-corrected chi connectivity index (χ0v) is 20.9. The van der Waals surface area contributed by atoms with Crippen molar-refractivity contribution in [2.75, 3.05) is 20.3 Å². The number of amides is 1. The molecule has 1 aromatic rings. The molecule has 1 aliphatic heterocycles. The first-order valence-corrected chi connectivity index (χ1v) is 11.5. The Morgan fingerprint density at radius 2 is 1.94 bits per heavy atom. The third-order valence-electron chi connectivity index (χ3n) is 5.26. The van der Waals surface area contributed by atoms with Gasteiger partial charge in [0.1, 0.15) is 23.7 Å². The molecule has 0 saturated heterocycles. The molecule has 186 valence electrons. The second kappa shape index (κ2) is 10.3. The van der Waals surface area contributed by atoms with Crippen LogP contribution in [0.15, 0.2) is 41.7 Å². The maximum atomic E-state index is 13.3. The third kappa shape index (κ3) is 6.69. The van der Waals surface area contributed by atoms with E-state index in [0.29, 0.717) is 36.1 Å². The number of methoxy groups -OCH3 is 1. The molecule has 0 radical (unpaired) electrons. The lowest BCUT2D eigenvalue weighted by molar-refractivity contribution is -0.147. The van der Waals surface area contributed by atoms with Gasteiger partial charge in [0.15, 0.2) is 6.04 Å². The van der Waals surface area contributed by atoms with Crippen LogP contribution in [0.1, 0.15) is 50.8 Å². The molecule has 10 heteroatoms. The predicted octanol–water partition coefficient (Wildman–Crippen LogP) is 5.12. The Morgan fingerprint density at radius 1 is 1.21 bits per heavy atom.